The number of hydrogen-bond donors (Lipinski definition) is 1. The highest BCUT2D eigenvalue weighted by Crippen LogP contribution is 2.32. The number of methoxy groups -OCH3 is 1. The second-order valence-corrected chi connectivity index (χ2v) is 4.50. The minimum absolute atomic E-state index is 0.194. The van der Waals surface area contributed by atoms with Gasteiger partial charge in [-0.25, -0.2) is 4.79 Å². The van der Waals surface area contributed by atoms with Gasteiger partial charge in [-0.3, -0.25) is 4.79 Å². The molecule has 1 aliphatic rings. The fourth-order valence-corrected chi connectivity index (χ4v) is 1.90. The van der Waals surface area contributed by atoms with Crippen molar-refractivity contribution in [2.45, 2.75) is 25.8 Å². The number of fused-ring (bicyclic) bond motifs is 1. The van der Waals surface area contributed by atoms with Crippen molar-refractivity contribution in [2.24, 2.45) is 0 Å². The molecule has 0 fully saturated rings. The van der Waals surface area contributed by atoms with E-state index in [1.165, 1.54) is 7.11 Å². The van der Waals surface area contributed by atoms with Crippen LogP contribution in [0.3, 0.4) is 0 Å². The third-order valence-corrected chi connectivity index (χ3v) is 3.01. The number of rotatable bonds is 5. The molecule has 20 heavy (non-hydrogen) atoms. The topological polar surface area (TPSA) is 73.9 Å². The van der Waals surface area contributed by atoms with Gasteiger partial charge in [0, 0.05) is 6.42 Å². The summed E-state index contributed by atoms with van der Waals surface area (Å²) in [6.07, 6.45) is 0.858. The van der Waals surface area contributed by atoms with Crippen molar-refractivity contribution in [3.05, 3.63) is 23.8 Å². The normalized spacial score (nSPS) is 13.7. The minimum Gasteiger partial charge on any atom is -0.467 e. The van der Waals surface area contributed by atoms with Crippen molar-refractivity contribution in [1.82, 2.24) is 5.32 Å². The first-order valence-corrected chi connectivity index (χ1v) is 6.36. The van der Waals surface area contributed by atoms with Crippen LogP contribution in [-0.2, 0) is 20.7 Å². The number of carbonyl (C=O) groups is 2. The molecule has 0 saturated heterocycles. The van der Waals surface area contributed by atoms with Gasteiger partial charge in [0.25, 0.3) is 0 Å². The van der Waals surface area contributed by atoms with E-state index in [9.17, 15) is 9.59 Å². The summed E-state index contributed by atoms with van der Waals surface area (Å²) in [6, 6.07) is 4.94. The number of aryl methyl sites for hydroxylation is 1. The lowest BCUT2D eigenvalue weighted by Gasteiger charge is -2.11. The van der Waals surface area contributed by atoms with E-state index in [2.05, 4.69) is 10.1 Å². The molecule has 2 rings (SSSR count). The Hall–Kier alpha value is -2.24. The van der Waals surface area contributed by atoms with E-state index < -0.39 is 12.0 Å². The summed E-state index contributed by atoms with van der Waals surface area (Å²) in [4.78, 5) is 22.9. The average molecular weight is 279 g/mol. The molecule has 6 nitrogen and oxygen atoms in total. The number of hydrogen-bond acceptors (Lipinski definition) is 5. The van der Waals surface area contributed by atoms with E-state index >= 15 is 0 Å². The Morgan fingerprint density at radius 3 is 2.85 bits per heavy atom. The van der Waals surface area contributed by atoms with Crippen LogP contribution in [0.5, 0.6) is 11.5 Å². The smallest absolute Gasteiger partial charge is 0.328 e. The van der Waals surface area contributed by atoms with Gasteiger partial charge in [0.05, 0.1) is 7.11 Å². The zero-order chi connectivity index (χ0) is 14.5. The zero-order valence-corrected chi connectivity index (χ0v) is 11.5. The number of nitrogens with one attached hydrogen (secondary N) is 1. The molecular formula is C14H17NO5. The van der Waals surface area contributed by atoms with Crippen LogP contribution in [0.1, 0.15) is 18.9 Å². The molecule has 6 heteroatoms. The van der Waals surface area contributed by atoms with Crippen LogP contribution < -0.4 is 14.8 Å². The molecule has 1 unspecified atom stereocenters. The maximum atomic E-state index is 11.7. The summed E-state index contributed by atoms with van der Waals surface area (Å²) in [5, 5.41) is 2.58. The van der Waals surface area contributed by atoms with Gasteiger partial charge in [0.15, 0.2) is 11.5 Å². The second kappa shape index (κ2) is 6.27. The highest BCUT2D eigenvalue weighted by Gasteiger charge is 2.16. The average Bonchev–Trinajstić information content (AvgIpc) is 2.91. The van der Waals surface area contributed by atoms with Crippen molar-refractivity contribution in [2.75, 3.05) is 13.9 Å². The van der Waals surface area contributed by atoms with Crippen LogP contribution in [0.2, 0.25) is 0 Å². The van der Waals surface area contributed by atoms with Crippen LogP contribution in [0, 0.1) is 0 Å². The molecule has 0 aliphatic carbocycles. The van der Waals surface area contributed by atoms with Gasteiger partial charge < -0.3 is 19.5 Å². The molecule has 1 aliphatic heterocycles. The number of ether oxygens (including phenoxy) is 3. The first-order chi connectivity index (χ1) is 9.60. The summed E-state index contributed by atoms with van der Waals surface area (Å²) in [5.74, 6) is 0.769. The Labute approximate surface area is 117 Å². The van der Waals surface area contributed by atoms with Crippen LogP contribution >= 0.6 is 0 Å². The fraction of sp³-hybridized carbons (Fsp3) is 0.429. The molecule has 0 bridgehead atoms. The highest BCUT2D eigenvalue weighted by molar-refractivity contribution is 5.84. The highest BCUT2D eigenvalue weighted by atomic mass is 16.7. The largest absolute Gasteiger partial charge is 0.467 e. The number of esters is 1. The molecule has 1 N–H and O–H groups in total. The van der Waals surface area contributed by atoms with Crippen LogP contribution in [0.4, 0.5) is 0 Å². The van der Waals surface area contributed by atoms with Gasteiger partial charge in [0.1, 0.15) is 6.04 Å². The fourth-order valence-electron chi connectivity index (χ4n) is 1.90. The summed E-state index contributed by atoms with van der Waals surface area (Å²) < 4.78 is 15.0. The predicted molar refractivity (Wildman–Crippen MR) is 70.5 cm³/mol. The number of carbonyl (C=O) groups excluding carboxylic acids is 2. The molecule has 1 aromatic rings. The van der Waals surface area contributed by atoms with E-state index in [-0.39, 0.29) is 12.7 Å². The molecular weight excluding hydrogens is 262 g/mol. The molecule has 0 radical (unpaired) electrons. The van der Waals surface area contributed by atoms with Gasteiger partial charge in [-0.1, -0.05) is 6.07 Å². The Morgan fingerprint density at radius 2 is 2.10 bits per heavy atom. The number of benzene rings is 1. The van der Waals surface area contributed by atoms with Crippen molar-refractivity contribution in [3.8, 4) is 11.5 Å². The van der Waals surface area contributed by atoms with Crippen molar-refractivity contribution >= 4 is 11.9 Å². The standard InChI is InChI=1S/C14H17NO5/c1-9(14(17)18-2)15-13(16)6-4-10-3-5-11-12(7-10)20-8-19-11/h3,5,7,9H,4,6,8H2,1-2H3,(H,15,16). The first-order valence-electron chi connectivity index (χ1n) is 6.36. The Bertz CT molecular complexity index is 514. The summed E-state index contributed by atoms with van der Waals surface area (Å²) >= 11 is 0. The number of amides is 1. The lowest BCUT2D eigenvalue weighted by atomic mass is 10.1. The van der Waals surface area contributed by atoms with Gasteiger partial charge in [-0.05, 0) is 31.0 Å². The van der Waals surface area contributed by atoms with Crippen molar-refractivity contribution in [1.29, 1.82) is 0 Å². The van der Waals surface area contributed by atoms with Crippen LogP contribution in [-0.4, -0.2) is 31.8 Å². The second-order valence-electron chi connectivity index (χ2n) is 4.50. The quantitative estimate of drug-likeness (QED) is 0.815. The van der Waals surface area contributed by atoms with Gasteiger partial charge in [0.2, 0.25) is 12.7 Å². The SMILES string of the molecule is COC(=O)C(C)NC(=O)CCc1ccc2c(c1)OCO2. The summed E-state index contributed by atoms with van der Waals surface area (Å²) in [6.45, 7) is 1.82. The monoisotopic (exact) mass is 279 g/mol. The van der Waals surface area contributed by atoms with Gasteiger partial charge in [-0.15, -0.1) is 0 Å². The third kappa shape index (κ3) is 3.40. The molecule has 0 saturated carbocycles. The first kappa shape index (κ1) is 14.2. The Kier molecular flexibility index (Phi) is 4.45. The molecule has 1 atom stereocenters. The maximum absolute atomic E-state index is 11.7. The molecule has 108 valence electrons. The van der Waals surface area contributed by atoms with E-state index in [1.54, 1.807) is 6.92 Å². The maximum Gasteiger partial charge on any atom is 0.328 e. The Morgan fingerprint density at radius 1 is 1.35 bits per heavy atom. The molecule has 1 heterocycles. The van der Waals surface area contributed by atoms with E-state index in [0.29, 0.717) is 18.6 Å². The van der Waals surface area contributed by atoms with E-state index in [1.807, 2.05) is 18.2 Å². The molecule has 1 amide bonds. The van der Waals surface area contributed by atoms with E-state index in [0.717, 1.165) is 11.3 Å². The summed E-state index contributed by atoms with van der Waals surface area (Å²) in [5.41, 5.74) is 0.982. The van der Waals surface area contributed by atoms with Crippen LogP contribution in [0.15, 0.2) is 18.2 Å². The van der Waals surface area contributed by atoms with Gasteiger partial charge in [-0.2, -0.15) is 0 Å². The van der Waals surface area contributed by atoms with Gasteiger partial charge >= 0.3 is 5.97 Å². The van der Waals surface area contributed by atoms with Crippen molar-refractivity contribution in [3.63, 3.8) is 0 Å². The molecule has 0 aromatic heterocycles. The molecule has 0 spiro atoms. The predicted octanol–water partition coefficient (Wildman–Crippen LogP) is 1.03. The molecule has 1 aromatic carbocycles. The van der Waals surface area contributed by atoms with E-state index in [4.69, 9.17) is 9.47 Å². The third-order valence-electron chi connectivity index (χ3n) is 3.01. The van der Waals surface area contributed by atoms with Crippen molar-refractivity contribution < 1.29 is 23.8 Å². The van der Waals surface area contributed by atoms with Crippen LogP contribution in [0.25, 0.3) is 0 Å². The lowest BCUT2D eigenvalue weighted by Crippen LogP contribution is -2.39. The lowest BCUT2D eigenvalue weighted by molar-refractivity contribution is -0.144. The minimum atomic E-state index is -0.635. The Balaban J connectivity index is 1.83. The zero-order valence-electron chi connectivity index (χ0n) is 11.5. The summed E-state index contributed by atoms with van der Waals surface area (Å²) in [7, 11) is 1.29.